The van der Waals surface area contributed by atoms with Crippen LogP contribution in [0.1, 0.15) is 22.8 Å². The number of nitrogens with one attached hydrogen (secondary N) is 2. The molecule has 1 atom stereocenters. The lowest BCUT2D eigenvalue weighted by molar-refractivity contribution is 0.0600. The molecule has 0 unspecified atom stereocenters. The standard InChI is InChI=1S/C20H24N2O4S/c1-13(12-26-18-11-6-5-10-17(18)24-3)21-20(27)22-16-9-7-8-15(14(16)2)19(23)25-4/h5-11,13H,12H2,1-4H3,(H2,21,22,27)/t13-/m1/s1. The number of benzene rings is 2. The summed E-state index contributed by atoms with van der Waals surface area (Å²) in [5, 5.41) is 6.72. The zero-order valence-corrected chi connectivity index (χ0v) is 16.7. The largest absolute Gasteiger partial charge is 0.493 e. The predicted molar refractivity (Wildman–Crippen MR) is 110 cm³/mol. The van der Waals surface area contributed by atoms with Crippen LogP contribution < -0.4 is 20.1 Å². The zero-order chi connectivity index (χ0) is 19.8. The van der Waals surface area contributed by atoms with Gasteiger partial charge < -0.3 is 24.8 Å². The molecule has 0 aromatic heterocycles. The summed E-state index contributed by atoms with van der Waals surface area (Å²) in [6, 6.07) is 12.8. The highest BCUT2D eigenvalue weighted by atomic mass is 32.1. The second-order valence-corrected chi connectivity index (χ2v) is 6.34. The number of carbonyl (C=O) groups is 1. The number of anilines is 1. The van der Waals surface area contributed by atoms with Gasteiger partial charge in [-0.15, -0.1) is 0 Å². The first-order valence-electron chi connectivity index (χ1n) is 8.47. The molecule has 0 aliphatic rings. The number of thiocarbonyl (C=S) groups is 1. The van der Waals surface area contributed by atoms with E-state index in [4.69, 9.17) is 26.4 Å². The monoisotopic (exact) mass is 388 g/mol. The van der Waals surface area contributed by atoms with E-state index in [2.05, 4.69) is 10.6 Å². The number of rotatable bonds is 7. The third-order valence-electron chi connectivity index (χ3n) is 3.92. The van der Waals surface area contributed by atoms with Crippen LogP contribution in [0.3, 0.4) is 0 Å². The lowest BCUT2D eigenvalue weighted by atomic mass is 10.1. The van der Waals surface area contributed by atoms with Crippen molar-refractivity contribution in [1.82, 2.24) is 5.32 Å². The maximum absolute atomic E-state index is 11.8. The van der Waals surface area contributed by atoms with E-state index in [1.54, 1.807) is 19.2 Å². The Hall–Kier alpha value is -2.80. The molecule has 0 fully saturated rings. The van der Waals surface area contributed by atoms with E-state index in [1.165, 1.54) is 7.11 Å². The Kier molecular flexibility index (Phi) is 7.43. The van der Waals surface area contributed by atoms with Gasteiger partial charge in [0.1, 0.15) is 6.61 Å². The molecule has 6 nitrogen and oxygen atoms in total. The predicted octanol–water partition coefficient (Wildman–Crippen LogP) is 3.54. The van der Waals surface area contributed by atoms with E-state index >= 15 is 0 Å². The number of methoxy groups -OCH3 is 2. The number of hydrogen-bond acceptors (Lipinski definition) is 5. The minimum absolute atomic E-state index is 0.0426. The van der Waals surface area contributed by atoms with Gasteiger partial charge in [-0.25, -0.2) is 4.79 Å². The first kappa shape index (κ1) is 20.5. The molecule has 0 saturated carbocycles. The Labute approximate surface area is 164 Å². The summed E-state index contributed by atoms with van der Waals surface area (Å²) in [4.78, 5) is 11.8. The van der Waals surface area contributed by atoms with E-state index in [-0.39, 0.29) is 12.0 Å². The minimum atomic E-state index is -0.381. The molecule has 2 aromatic rings. The zero-order valence-electron chi connectivity index (χ0n) is 15.9. The van der Waals surface area contributed by atoms with Crippen LogP contribution in [-0.2, 0) is 4.74 Å². The highest BCUT2D eigenvalue weighted by molar-refractivity contribution is 7.80. The van der Waals surface area contributed by atoms with Gasteiger partial charge in [-0.05, 0) is 55.9 Å². The average molecular weight is 388 g/mol. The second kappa shape index (κ2) is 9.78. The van der Waals surface area contributed by atoms with E-state index in [0.29, 0.717) is 28.8 Å². The van der Waals surface area contributed by atoms with Gasteiger partial charge in [0.25, 0.3) is 0 Å². The third-order valence-corrected chi connectivity index (χ3v) is 4.14. The molecule has 27 heavy (non-hydrogen) atoms. The van der Waals surface area contributed by atoms with Gasteiger partial charge >= 0.3 is 5.97 Å². The lowest BCUT2D eigenvalue weighted by Gasteiger charge is -2.19. The first-order valence-corrected chi connectivity index (χ1v) is 8.88. The fraction of sp³-hybridized carbons (Fsp3) is 0.300. The Morgan fingerprint density at radius 1 is 1.11 bits per heavy atom. The summed E-state index contributed by atoms with van der Waals surface area (Å²) >= 11 is 5.37. The highest BCUT2D eigenvalue weighted by Gasteiger charge is 2.13. The van der Waals surface area contributed by atoms with Gasteiger partial charge in [0.05, 0.1) is 25.8 Å². The Bertz CT molecular complexity index is 810. The number of ether oxygens (including phenoxy) is 3. The first-order chi connectivity index (χ1) is 13.0. The van der Waals surface area contributed by atoms with Crippen molar-refractivity contribution in [1.29, 1.82) is 0 Å². The van der Waals surface area contributed by atoms with Crippen molar-refractivity contribution in [2.75, 3.05) is 26.1 Å². The van der Waals surface area contributed by atoms with E-state index in [1.807, 2.05) is 44.2 Å². The smallest absolute Gasteiger partial charge is 0.338 e. The van der Waals surface area contributed by atoms with Crippen LogP contribution in [0, 0.1) is 6.92 Å². The molecule has 144 valence electrons. The van der Waals surface area contributed by atoms with Crippen molar-refractivity contribution in [3.8, 4) is 11.5 Å². The van der Waals surface area contributed by atoms with Gasteiger partial charge in [-0.1, -0.05) is 18.2 Å². The molecule has 0 spiro atoms. The lowest BCUT2D eigenvalue weighted by Crippen LogP contribution is -2.39. The van der Waals surface area contributed by atoms with Gasteiger partial charge in [0.15, 0.2) is 16.6 Å². The molecule has 2 aromatic carbocycles. The molecule has 0 amide bonds. The van der Waals surface area contributed by atoms with Crippen molar-refractivity contribution in [2.24, 2.45) is 0 Å². The molecule has 0 heterocycles. The number of carbonyl (C=O) groups excluding carboxylic acids is 1. The summed E-state index contributed by atoms with van der Waals surface area (Å²) in [6.45, 7) is 4.20. The van der Waals surface area contributed by atoms with Crippen LogP contribution in [0.15, 0.2) is 42.5 Å². The second-order valence-electron chi connectivity index (χ2n) is 5.93. The minimum Gasteiger partial charge on any atom is -0.493 e. The Morgan fingerprint density at radius 2 is 1.81 bits per heavy atom. The highest BCUT2D eigenvalue weighted by Crippen LogP contribution is 2.25. The molecule has 2 rings (SSSR count). The molecule has 2 N–H and O–H groups in total. The fourth-order valence-corrected chi connectivity index (χ4v) is 2.79. The third kappa shape index (κ3) is 5.59. The van der Waals surface area contributed by atoms with Crippen molar-refractivity contribution in [2.45, 2.75) is 19.9 Å². The van der Waals surface area contributed by atoms with Gasteiger partial charge in [-0.3, -0.25) is 0 Å². The summed E-state index contributed by atoms with van der Waals surface area (Å²) in [5.74, 6) is 0.975. The molecular weight excluding hydrogens is 364 g/mol. The van der Waals surface area contributed by atoms with Crippen molar-refractivity contribution in [3.63, 3.8) is 0 Å². The number of hydrogen-bond donors (Lipinski definition) is 2. The summed E-state index contributed by atoms with van der Waals surface area (Å²) in [6.07, 6.45) is 0. The van der Waals surface area contributed by atoms with E-state index < -0.39 is 0 Å². The summed E-state index contributed by atoms with van der Waals surface area (Å²) in [7, 11) is 2.96. The van der Waals surface area contributed by atoms with Crippen LogP contribution >= 0.6 is 12.2 Å². The molecular formula is C20H24N2O4S. The molecule has 0 radical (unpaired) electrons. The molecule has 0 saturated heterocycles. The van der Waals surface area contributed by atoms with Crippen LogP contribution in [0.25, 0.3) is 0 Å². The van der Waals surface area contributed by atoms with E-state index in [0.717, 1.165) is 11.3 Å². The maximum atomic E-state index is 11.8. The molecule has 0 aliphatic carbocycles. The van der Waals surface area contributed by atoms with Crippen molar-refractivity contribution >= 4 is 29.0 Å². The summed E-state index contributed by atoms with van der Waals surface area (Å²) < 4.78 is 15.9. The normalized spacial score (nSPS) is 11.3. The topological polar surface area (TPSA) is 68.8 Å². The summed E-state index contributed by atoms with van der Waals surface area (Å²) in [5.41, 5.74) is 2.01. The molecule has 0 aliphatic heterocycles. The Morgan fingerprint density at radius 3 is 2.48 bits per heavy atom. The average Bonchev–Trinajstić information content (AvgIpc) is 2.67. The molecule has 7 heteroatoms. The van der Waals surface area contributed by atoms with Gasteiger partial charge in [0, 0.05) is 5.69 Å². The van der Waals surface area contributed by atoms with Crippen LogP contribution in [0.2, 0.25) is 0 Å². The quantitative estimate of drug-likeness (QED) is 0.555. The number of para-hydroxylation sites is 2. The maximum Gasteiger partial charge on any atom is 0.338 e. The Balaban J connectivity index is 1.93. The fourth-order valence-electron chi connectivity index (χ4n) is 2.48. The van der Waals surface area contributed by atoms with Crippen molar-refractivity contribution in [3.05, 3.63) is 53.6 Å². The van der Waals surface area contributed by atoms with Crippen LogP contribution in [0.4, 0.5) is 5.69 Å². The van der Waals surface area contributed by atoms with Gasteiger partial charge in [0.2, 0.25) is 0 Å². The van der Waals surface area contributed by atoms with E-state index in [9.17, 15) is 4.79 Å². The number of esters is 1. The van der Waals surface area contributed by atoms with Crippen LogP contribution in [-0.4, -0.2) is 38.0 Å². The van der Waals surface area contributed by atoms with Crippen LogP contribution in [0.5, 0.6) is 11.5 Å². The molecule has 0 bridgehead atoms. The van der Waals surface area contributed by atoms with Crippen molar-refractivity contribution < 1.29 is 19.0 Å². The van der Waals surface area contributed by atoms with Gasteiger partial charge in [-0.2, -0.15) is 0 Å². The SMILES string of the molecule is COC(=O)c1cccc(NC(=S)N[C@H](C)COc2ccccc2OC)c1C.